The second-order valence-corrected chi connectivity index (χ2v) is 6.77. The van der Waals surface area contributed by atoms with Gasteiger partial charge in [-0.15, -0.1) is 0 Å². The molecule has 4 rings (SSSR count). The predicted octanol–water partition coefficient (Wildman–Crippen LogP) is 4.15. The fourth-order valence-corrected chi connectivity index (χ4v) is 3.26. The van der Waals surface area contributed by atoms with Crippen molar-refractivity contribution in [3.8, 4) is 0 Å². The van der Waals surface area contributed by atoms with Gasteiger partial charge in [0.15, 0.2) is 0 Å². The Hall–Kier alpha value is -4.60. The number of hydrogen-bond donors (Lipinski definition) is 1. The Morgan fingerprint density at radius 2 is 1.65 bits per heavy atom. The van der Waals surface area contributed by atoms with Gasteiger partial charge in [-0.05, 0) is 16.3 Å². The Morgan fingerprint density at radius 3 is 2.35 bits per heavy atom. The van der Waals surface area contributed by atoms with Crippen LogP contribution in [0.5, 0.6) is 0 Å². The molecule has 3 aromatic carbocycles. The van der Waals surface area contributed by atoms with Crippen LogP contribution in [0.3, 0.4) is 0 Å². The van der Waals surface area contributed by atoms with Gasteiger partial charge in [-0.25, -0.2) is 0 Å². The maximum Gasteiger partial charge on any atom is 0.277 e. The summed E-state index contributed by atoms with van der Waals surface area (Å²) in [6.45, 7) is 0.472. The average Bonchev–Trinajstić information content (AvgIpc) is 3.20. The number of rotatable bonds is 6. The van der Waals surface area contributed by atoms with Crippen molar-refractivity contribution in [1.82, 2.24) is 9.78 Å². The Bertz CT molecular complexity index is 1290. The van der Waals surface area contributed by atoms with Gasteiger partial charge in [0.25, 0.3) is 17.3 Å². The number of benzene rings is 3. The number of anilines is 1. The standard InChI is InChI=1S/C21H15N5O5/c27-21(16-8-18(25(28)29)10-19(9-16)26(30)31)23-17-11-22-24(13-17)12-15-6-3-5-14-4-1-2-7-20(14)15/h1-11,13H,12H2,(H,23,27). The van der Waals surface area contributed by atoms with Crippen LogP contribution < -0.4 is 5.32 Å². The first-order chi connectivity index (χ1) is 14.9. The molecule has 0 saturated carbocycles. The van der Waals surface area contributed by atoms with E-state index >= 15 is 0 Å². The van der Waals surface area contributed by atoms with Crippen molar-refractivity contribution in [3.05, 3.63) is 104 Å². The molecule has 0 unspecified atom stereocenters. The molecule has 0 saturated heterocycles. The third-order valence-electron chi connectivity index (χ3n) is 4.69. The van der Waals surface area contributed by atoms with Crippen LogP contribution in [0.2, 0.25) is 0 Å². The number of aromatic nitrogens is 2. The number of nitro benzene ring substituents is 2. The van der Waals surface area contributed by atoms with Crippen LogP contribution in [0.25, 0.3) is 10.8 Å². The Labute approximate surface area is 175 Å². The van der Waals surface area contributed by atoms with Crippen LogP contribution in [-0.4, -0.2) is 25.5 Å². The summed E-state index contributed by atoms with van der Waals surface area (Å²) >= 11 is 0. The van der Waals surface area contributed by atoms with Crippen molar-refractivity contribution >= 4 is 33.7 Å². The lowest BCUT2D eigenvalue weighted by Crippen LogP contribution is -2.12. The smallest absolute Gasteiger partial charge is 0.277 e. The van der Waals surface area contributed by atoms with Crippen molar-refractivity contribution in [2.45, 2.75) is 6.54 Å². The zero-order valence-electron chi connectivity index (χ0n) is 16.0. The molecule has 1 aromatic heterocycles. The number of carbonyl (C=O) groups excluding carboxylic acids is 1. The Balaban J connectivity index is 1.54. The second kappa shape index (κ2) is 8.03. The SMILES string of the molecule is O=C(Nc1cnn(Cc2cccc3ccccc23)c1)c1cc([N+](=O)[O-])cc([N+](=O)[O-])c1. The van der Waals surface area contributed by atoms with Gasteiger partial charge in [-0.1, -0.05) is 42.5 Å². The van der Waals surface area contributed by atoms with Crippen LogP contribution in [0.15, 0.2) is 73.1 Å². The molecule has 0 atom stereocenters. The molecule has 154 valence electrons. The number of nitrogens with one attached hydrogen (secondary N) is 1. The summed E-state index contributed by atoms with van der Waals surface area (Å²) < 4.78 is 1.65. The first kappa shape index (κ1) is 19.7. The van der Waals surface area contributed by atoms with Crippen LogP contribution in [0.4, 0.5) is 17.1 Å². The number of amides is 1. The molecule has 10 nitrogen and oxygen atoms in total. The highest BCUT2D eigenvalue weighted by molar-refractivity contribution is 6.05. The van der Waals surface area contributed by atoms with E-state index in [-0.39, 0.29) is 5.56 Å². The van der Waals surface area contributed by atoms with Crippen molar-refractivity contribution in [1.29, 1.82) is 0 Å². The minimum Gasteiger partial charge on any atom is -0.319 e. The molecule has 1 amide bonds. The summed E-state index contributed by atoms with van der Waals surface area (Å²) in [4.78, 5) is 33.0. The maximum absolute atomic E-state index is 12.5. The fourth-order valence-electron chi connectivity index (χ4n) is 3.26. The van der Waals surface area contributed by atoms with Crippen molar-refractivity contribution < 1.29 is 14.6 Å². The van der Waals surface area contributed by atoms with E-state index in [4.69, 9.17) is 0 Å². The number of fused-ring (bicyclic) bond motifs is 1. The highest BCUT2D eigenvalue weighted by Gasteiger charge is 2.20. The van der Waals surface area contributed by atoms with E-state index in [0.717, 1.165) is 34.5 Å². The van der Waals surface area contributed by atoms with E-state index in [1.165, 1.54) is 6.20 Å². The molecule has 0 aliphatic heterocycles. The molecule has 0 fully saturated rings. The lowest BCUT2D eigenvalue weighted by atomic mass is 10.0. The van der Waals surface area contributed by atoms with E-state index in [1.54, 1.807) is 10.9 Å². The Morgan fingerprint density at radius 1 is 0.968 bits per heavy atom. The molecule has 10 heteroatoms. The van der Waals surface area contributed by atoms with Crippen LogP contribution >= 0.6 is 0 Å². The molecule has 0 aliphatic carbocycles. The number of carbonyl (C=O) groups is 1. The van der Waals surface area contributed by atoms with Gasteiger partial charge in [0.2, 0.25) is 0 Å². The quantitative estimate of drug-likeness (QED) is 0.370. The van der Waals surface area contributed by atoms with E-state index < -0.39 is 27.1 Å². The molecule has 31 heavy (non-hydrogen) atoms. The average molecular weight is 417 g/mol. The van der Waals surface area contributed by atoms with Gasteiger partial charge in [0.05, 0.1) is 39.9 Å². The van der Waals surface area contributed by atoms with E-state index in [9.17, 15) is 25.0 Å². The normalized spacial score (nSPS) is 10.7. The van der Waals surface area contributed by atoms with Crippen LogP contribution in [0.1, 0.15) is 15.9 Å². The van der Waals surface area contributed by atoms with Gasteiger partial charge in [0, 0.05) is 18.3 Å². The van der Waals surface area contributed by atoms with E-state index in [2.05, 4.69) is 10.4 Å². The lowest BCUT2D eigenvalue weighted by Gasteiger charge is -2.06. The number of hydrogen-bond acceptors (Lipinski definition) is 6. The molecule has 0 bridgehead atoms. The summed E-state index contributed by atoms with van der Waals surface area (Å²) in [6.07, 6.45) is 3.06. The number of non-ortho nitro benzene ring substituents is 2. The minimum absolute atomic E-state index is 0.192. The molecule has 0 spiro atoms. The van der Waals surface area contributed by atoms with E-state index in [0.29, 0.717) is 12.2 Å². The highest BCUT2D eigenvalue weighted by Crippen LogP contribution is 2.24. The summed E-state index contributed by atoms with van der Waals surface area (Å²) in [5.41, 5.74) is 0.146. The third kappa shape index (κ3) is 4.22. The first-order valence-electron chi connectivity index (χ1n) is 9.15. The third-order valence-corrected chi connectivity index (χ3v) is 4.69. The largest absolute Gasteiger partial charge is 0.319 e. The maximum atomic E-state index is 12.5. The fraction of sp³-hybridized carbons (Fsp3) is 0.0476. The monoisotopic (exact) mass is 417 g/mol. The lowest BCUT2D eigenvalue weighted by molar-refractivity contribution is -0.394. The van der Waals surface area contributed by atoms with Gasteiger partial charge < -0.3 is 5.32 Å². The zero-order valence-corrected chi connectivity index (χ0v) is 16.0. The molecule has 4 aromatic rings. The number of nitro groups is 2. The van der Waals surface area contributed by atoms with Crippen molar-refractivity contribution in [2.75, 3.05) is 5.32 Å². The van der Waals surface area contributed by atoms with Crippen LogP contribution in [-0.2, 0) is 6.54 Å². The molecule has 0 aliphatic rings. The van der Waals surface area contributed by atoms with Crippen LogP contribution in [0, 0.1) is 20.2 Å². The predicted molar refractivity (Wildman–Crippen MR) is 113 cm³/mol. The number of nitrogens with zero attached hydrogens (tertiary/aromatic N) is 4. The van der Waals surface area contributed by atoms with Crippen molar-refractivity contribution in [2.24, 2.45) is 0 Å². The summed E-state index contributed by atoms with van der Waals surface area (Å²) in [6, 6.07) is 16.7. The van der Waals surface area contributed by atoms with Gasteiger partial charge in [-0.2, -0.15) is 5.10 Å². The van der Waals surface area contributed by atoms with Crippen molar-refractivity contribution in [3.63, 3.8) is 0 Å². The summed E-state index contributed by atoms with van der Waals surface area (Å²) in [7, 11) is 0. The molecule has 1 N–H and O–H groups in total. The molecular formula is C21H15N5O5. The molecule has 1 heterocycles. The van der Waals surface area contributed by atoms with Gasteiger partial charge >= 0.3 is 0 Å². The molecular weight excluding hydrogens is 402 g/mol. The van der Waals surface area contributed by atoms with Gasteiger partial charge in [-0.3, -0.25) is 29.7 Å². The van der Waals surface area contributed by atoms with Gasteiger partial charge in [0.1, 0.15) is 0 Å². The Kier molecular flexibility index (Phi) is 5.10. The minimum atomic E-state index is -0.786. The summed E-state index contributed by atoms with van der Waals surface area (Å²) in [5, 5.41) is 31.0. The first-order valence-corrected chi connectivity index (χ1v) is 9.15. The second-order valence-electron chi connectivity index (χ2n) is 6.77. The van der Waals surface area contributed by atoms with E-state index in [1.807, 2.05) is 42.5 Å². The topological polar surface area (TPSA) is 133 Å². The summed E-state index contributed by atoms with van der Waals surface area (Å²) in [5.74, 6) is -0.712. The molecule has 0 radical (unpaired) electrons. The zero-order chi connectivity index (χ0) is 22.0. The highest BCUT2D eigenvalue weighted by atomic mass is 16.6.